The second-order valence-electron chi connectivity index (χ2n) is 3.47. The molecule has 0 aliphatic carbocycles. The summed E-state index contributed by atoms with van der Waals surface area (Å²) in [6, 6.07) is 4.57. The molecule has 1 aromatic carbocycles. The molecule has 1 N–H and O–H groups in total. The number of benzene rings is 1. The van der Waals surface area contributed by atoms with E-state index >= 15 is 0 Å². The van der Waals surface area contributed by atoms with Crippen LogP contribution in [0.5, 0.6) is 0 Å². The van der Waals surface area contributed by atoms with Crippen LogP contribution in [0.2, 0.25) is 5.02 Å². The van der Waals surface area contributed by atoms with Crippen molar-refractivity contribution in [1.82, 2.24) is 5.32 Å². The molecule has 0 amide bonds. The van der Waals surface area contributed by atoms with Gasteiger partial charge < -0.3 is 10.1 Å². The van der Waals surface area contributed by atoms with Gasteiger partial charge in [0.25, 0.3) is 0 Å². The van der Waals surface area contributed by atoms with Crippen LogP contribution in [0.25, 0.3) is 0 Å². The van der Waals surface area contributed by atoms with E-state index in [-0.39, 0.29) is 11.9 Å². The summed E-state index contributed by atoms with van der Waals surface area (Å²) in [4.78, 5) is 0. The molecule has 15 heavy (non-hydrogen) atoms. The van der Waals surface area contributed by atoms with Crippen molar-refractivity contribution in [3.63, 3.8) is 0 Å². The molecule has 0 bridgehead atoms. The average molecular weight is 232 g/mol. The summed E-state index contributed by atoms with van der Waals surface area (Å²) in [6.45, 7) is 3.16. The van der Waals surface area contributed by atoms with Crippen LogP contribution in [-0.4, -0.2) is 19.8 Å². The zero-order valence-corrected chi connectivity index (χ0v) is 9.64. The molecular formula is C11H15ClFNO. The number of methoxy groups -OCH3 is 1. The van der Waals surface area contributed by atoms with Crippen LogP contribution < -0.4 is 5.32 Å². The molecule has 1 aromatic rings. The van der Waals surface area contributed by atoms with Crippen molar-refractivity contribution in [2.24, 2.45) is 0 Å². The van der Waals surface area contributed by atoms with Crippen LogP contribution in [0.15, 0.2) is 18.2 Å². The molecule has 0 saturated heterocycles. The minimum absolute atomic E-state index is 0.217. The molecule has 0 aromatic heterocycles. The van der Waals surface area contributed by atoms with Crippen LogP contribution in [-0.2, 0) is 11.3 Å². The summed E-state index contributed by atoms with van der Waals surface area (Å²) in [5.74, 6) is -0.268. The summed E-state index contributed by atoms with van der Waals surface area (Å²) in [5, 5.41) is 3.77. The second-order valence-corrected chi connectivity index (χ2v) is 3.88. The van der Waals surface area contributed by atoms with E-state index in [2.05, 4.69) is 5.32 Å². The van der Waals surface area contributed by atoms with Gasteiger partial charge in [0, 0.05) is 24.7 Å². The Morgan fingerprint density at radius 2 is 2.27 bits per heavy atom. The molecule has 0 saturated carbocycles. The Kier molecular flexibility index (Phi) is 5.02. The molecule has 0 aliphatic rings. The molecule has 2 nitrogen and oxygen atoms in total. The normalized spacial score (nSPS) is 12.8. The van der Waals surface area contributed by atoms with Crippen molar-refractivity contribution in [3.8, 4) is 0 Å². The lowest BCUT2D eigenvalue weighted by atomic mass is 10.2. The maximum absolute atomic E-state index is 12.9. The van der Waals surface area contributed by atoms with Crippen LogP contribution in [0.4, 0.5) is 4.39 Å². The minimum Gasteiger partial charge on any atom is -0.383 e. The summed E-state index contributed by atoms with van der Waals surface area (Å²) >= 11 is 5.92. The lowest BCUT2D eigenvalue weighted by molar-refractivity contribution is 0.171. The molecule has 1 unspecified atom stereocenters. The molecule has 0 radical (unpaired) electrons. The van der Waals surface area contributed by atoms with Crippen LogP contribution in [0.1, 0.15) is 12.5 Å². The Balaban J connectivity index is 2.53. The summed E-state index contributed by atoms with van der Waals surface area (Å²) < 4.78 is 17.9. The maximum Gasteiger partial charge on any atom is 0.123 e. The van der Waals surface area contributed by atoms with Gasteiger partial charge in [0.2, 0.25) is 0 Å². The number of rotatable bonds is 5. The smallest absolute Gasteiger partial charge is 0.123 e. The predicted octanol–water partition coefficient (Wildman–Crippen LogP) is 2.60. The molecular weight excluding hydrogens is 217 g/mol. The van der Waals surface area contributed by atoms with Gasteiger partial charge in [-0.3, -0.25) is 0 Å². The first kappa shape index (κ1) is 12.4. The van der Waals surface area contributed by atoms with Crippen molar-refractivity contribution in [3.05, 3.63) is 34.6 Å². The summed E-state index contributed by atoms with van der Waals surface area (Å²) in [6.07, 6.45) is 0. The fraction of sp³-hybridized carbons (Fsp3) is 0.455. The van der Waals surface area contributed by atoms with E-state index in [1.165, 1.54) is 12.1 Å². The standard InChI is InChI=1S/C11H15ClFNO/c1-8(7-15-2)14-6-9-5-10(13)3-4-11(9)12/h3-5,8,14H,6-7H2,1-2H3. The zero-order chi connectivity index (χ0) is 11.3. The third kappa shape index (κ3) is 4.16. The lowest BCUT2D eigenvalue weighted by Crippen LogP contribution is -2.29. The third-order valence-corrected chi connectivity index (χ3v) is 2.43. The monoisotopic (exact) mass is 231 g/mol. The van der Waals surface area contributed by atoms with Gasteiger partial charge in [0.1, 0.15) is 5.82 Å². The van der Waals surface area contributed by atoms with Gasteiger partial charge in [-0.25, -0.2) is 4.39 Å². The highest BCUT2D eigenvalue weighted by atomic mass is 35.5. The molecule has 0 heterocycles. The van der Waals surface area contributed by atoms with Gasteiger partial charge >= 0.3 is 0 Å². The van der Waals surface area contributed by atoms with E-state index in [4.69, 9.17) is 16.3 Å². The van der Waals surface area contributed by atoms with E-state index < -0.39 is 0 Å². The first-order valence-electron chi connectivity index (χ1n) is 4.79. The van der Waals surface area contributed by atoms with Gasteiger partial charge in [-0.1, -0.05) is 11.6 Å². The van der Waals surface area contributed by atoms with Crippen LogP contribution >= 0.6 is 11.6 Å². The summed E-state index contributed by atoms with van der Waals surface area (Å²) in [5.41, 5.74) is 0.764. The predicted molar refractivity (Wildman–Crippen MR) is 59.6 cm³/mol. The van der Waals surface area contributed by atoms with Crippen molar-refractivity contribution in [2.45, 2.75) is 19.5 Å². The molecule has 0 fully saturated rings. The van der Waals surface area contributed by atoms with Crippen molar-refractivity contribution >= 4 is 11.6 Å². The van der Waals surface area contributed by atoms with Gasteiger partial charge in [-0.05, 0) is 30.7 Å². The van der Waals surface area contributed by atoms with E-state index in [1.807, 2.05) is 6.92 Å². The number of ether oxygens (including phenoxy) is 1. The Morgan fingerprint density at radius 3 is 2.93 bits per heavy atom. The van der Waals surface area contributed by atoms with E-state index in [1.54, 1.807) is 13.2 Å². The lowest BCUT2D eigenvalue weighted by Gasteiger charge is -2.13. The Morgan fingerprint density at radius 1 is 1.53 bits per heavy atom. The molecule has 1 atom stereocenters. The highest BCUT2D eigenvalue weighted by Gasteiger charge is 2.04. The highest BCUT2D eigenvalue weighted by molar-refractivity contribution is 6.31. The van der Waals surface area contributed by atoms with E-state index in [0.717, 1.165) is 5.56 Å². The SMILES string of the molecule is COCC(C)NCc1cc(F)ccc1Cl. The first-order chi connectivity index (χ1) is 7.13. The van der Waals surface area contributed by atoms with E-state index in [9.17, 15) is 4.39 Å². The Hall–Kier alpha value is -0.640. The molecule has 84 valence electrons. The van der Waals surface area contributed by atoms with Gasteiger partial charge in [-0.2, -0.15) is 0 Å². The number of nitrogens with one attached hydrogen (secondary N) is 1. The largest absolute Gasteiger partial charge is 0.383 e. The quantitative estimate of drug-likeness (QED) is 0.841. The highest BCUT2D eigenvalue weighted by Crippen LogP contribution is 2.16. The van der Waals surface area contributed by atoms with Gasteiger partial charge in [0.05, 0.1) is 6.61 Å². The molecule has 4 heteroatoms. The zero-order valence-electron chi connectivity index (χ0n) is 8.89. The Labute approximate surface area is 94.4 Å². The van der Waals surface area contributed by atoms with E-state index in [0.29, 0.717) is 18.2 Å². The van der Waals surface area contributed by atoms with Gasteiger partial charge in [-0.15, -0.1) is 0 Å². The molecule has 1 rings (SSSR count). The van der Waals surface area contributed by atoms with Crippen molar-refractivity contribution in [1.29, 1.82) is 0 Å². The first-order valence-corrected chi connectivity index (χ1v) is 5.17. The molecule has 0 spiro atoms. The second kappa shape index (κ2) is 6.05. The van der Waals surface area contributed by atoms with Crippen LogP contribution in [0, 0.1) is 5.82 Å². The fourth-order valence-corrected chi connectivity index (χ4v) is 1.46. The van der Waals surface area contributed by atoms with Crippen molar-refractivity contribution < 1.29 is 9.13 Å². The fourth-order valence-electron chi connectivity index (χ4n) is 1.27. The number of halogens is 2. The molecule has 0 aliphatic heterocycles. The van der Waals surface area contributed by atoms with Gasteiger partial charge in [0.15, 0.2) is 0 Å². The summed E-state index contributed by atoms with van der Waals surface area (Å²) in [7, 11) is 1.65. The Bertz CT molecular complexity index is 319. The maximum atomic E-state index is 12.9. The number of hydrogen-bond acceptors (Lipinski definition) is 2. The topological polar surface area (TPSA) is 21.3 Å². The number of hydrogen-bond donors (Lipinski definition) is 1. The average Bonchev–Trinajstić information content (AvgIpc) is 2.20. The van der Waals surface area contributed by atoms with Crippen molar-refractivity contribution in [2.75, 3.05) is 13.7 Å². The van der Waals surface area contributed by atoms with Crippen LogP contribution in [0.3, 0.4) is 0 Å². The minimum atomic E-state index is -0.268. The third-order valence-electron chi connectivity index (χ3n) is 2.07.